The third kappa shape index (κ3) is 4.31. The number of fused-ring (bicyclic) bond motifs is 2. The van der Waals surface area contributed by atoms with Gasteiger partial charge in [0.05, 0.1) is 14.2 Å². The molecule has 1 aromatic heterocycles. The standard InChI is InChI=1S/C30H29N3O4/c1-35-22-12-13-26(36-2)25(18-22)32-30-24(29(34)31-21-9-4-3-5-10-21)17-20-16-19-8-6-14-33-15-7-11-23(27(19)33)28(20)37-30/h3-5,9-10,12-13,16-18H,6-8,11,14-15H2,1-2H3,(H,31,34). The summed E-state index contributed by atoms with van der Waals surface area (Å²) in [4.78, 5) is 20.8. The molecule has 0 aliphatic carbocycles. The zero-order valence-corrected chi connectivity index (χ0v) is 21.0. The number of para-hydroxylation sites is 1. The number of amides is 1. The van der Waals surface area contributed by atoms with Crippen molar-refractivity contribution in [1.29, 1.82) is 0 Å². The number of methoxy groups -OCH3 is 2. The van der Waals surface area contributed by atoms with Gasteiger partial charge in [-0.3, -0.25) is 4.79 Å². The molecule has 7 heteroatoms. The first-order valence-electron chi connectivity index (χ1n) is 12.7. The SMILES string of the molecule is COc1ccc(OC)c(N=c2oc3c4c5c(cc3cc2C(=O)Nc2ccccc2)CCCN5CCC4)c1. The molecule has 0 saturated carbocycles. The van der Waals surface area contributed by atoms with Gasteiger partial charge in [0.2, 0.25) is 5.55 Å². The molecular formula is C30H29N3O4. The summed E-state index contributed by atoms with van der Waals surface area (Å²) < 4.78 is 17.5. The van der Waals surface area contributed by atoms with E-state index in [-0.39, 0.29) is 11.5 Å². The van der Waals surface area contributed by atoms with Crippen molar-refractivity contribution in [2.24, 2.45) is 4.99 Å². The fourth-order valence-electron chi connectivity index (χ4n) is 5.41. The molecule has 3 aromatic carbocycles. The van der Waals surface area contributed by atoms with Crippen LogP contribution in [0.4, 0.5) is 17.1 Å². The highest BCUT2D eigenvalue weighted by molar-refractivity contribution is 6.06. The molecule has 188 valence electrons. The van der Waals surface area contributed by atoms with Crippen LogP contribution in [0.3, 0.4) is 0 Å². The third-order valence-electron chi connectivity index (χ3n) is 7.11. The molecule has 37 heavy (non-hydrogen) atoms. The van der Waals surface area contributed by atoms with Crippen LogP contribution < -0.4 is 25.2 Å². The minimum absolute atomic E-state index is 0.233. The lowest BCUT2D eigenvalue weighted by Gasteiger charge is -2.37. The molecule has 0 atom stereocenters. The van der Waals surface area contributed by atoms with Crippen molar-refractivity contribution >= 4 is 33.9 Å². The van der Waals surface area contributed by atoms with E-state index in [0.717, 1.165) is 49.7 Å². The maximum absolute atomic E-state index is 13.6. The van der Waals surface area contributed by atoms with Crippen LogP contribution in [0.25, 0.3) is 11.0 Å². The average molecular weight is 496 g/mol. The maximum atomic E-state index is 13.6. The van der Waals surface area contributed by atoms with Gasteiger partial charge in [-0.15, -0.1) is 0 Å². The summed E-state index contributed by atoms with van der Waals surface area (Å²) in [7, 11) is 3.19. The van der Waals surface area contributed by atoms with Gasteiger partial charge in [0.1, 0.15) is 28.3 Å². The van der Waals surface area contributed by atoms with Crippen molar-refractivity contribution in [1.82, 2.24) is 0 Å². The quantitative estimate of drug-likeness (QED) is 0.388. The monoisotopic (exact) mass is 495 g/mol. The van der Waals surface area contributed by atoms with Crippen molar-refractivity contribution in [3.63, 3.8) is 0 Å². The fraction of sp³-hybridized carbons (Fsp3) is 0.267. The Morgan fingerprint density at radius 3 is 2.57 bits per heavy atom. The molecule has 0 bridgehead atoms. The minimum Gasteiger partial charge on any atom is -0.497 e. The Morgan fingerprint density at radius 1 is 0.973 bits per heavy atom. The van der Waals surface area contributed by atoms with E-state index >= 15 is 0 Å². The molecule has 6 rings (SSSR count). The summed E-state index contributed by atoms with van der Waals surface area (Å²) in [5.41, 5.74) is 6.45. The number of ether oxygens (including phenoxy) is 2. The largest absolute Gasteiger partial charge is 0.497 e. The van der Waals surface area contributed by atoms with Gasteiger partial charge >= 0.3 is 0 Å². The molecule has 7 nitrogen and oxygen atoms in total. The Bertz CT molecular complexity index is 1560. The molecule has 0 saturated heterocycles. The summed E-state index contributed by atoms with van der Waals surface area (Å²) in [5.74, 6) is 0.907. The van der Waals surface area contributed by atoms with Crippen LogP contribution in [0.2, 0.25) is 0 Å². The van der Waals surface area contributed by atoms with Gasteiger partial charge in [-0.25, -0.2) is 4.99 Å². The minimum atomic E-state index is -0.287. The second-order valence-corrected chi connectivity index (χ2v) is 9.41. The summed E-state index contributed by atoms with van der Waals surface area (Å²) in [6.45, 7) is 2.14. The molecule has 0 unspecified atom stereocenters. The second-order valence-electron chi connectivity index (χ2n) is 9.41. The van der Waals surface area contributed by atoms with Crippen molar-refractivity contribution in [3.05, 3.63) is 82.9 Å². The molecule has 4 aromatic rings. The van der Waals surface area contributed by atoms with E-state index in [1.807, 2.05) is 42.5 Å². The lowest BCUT2D eigenvalue weighted by Crippen LogP contribution is -2.34. The summed E-state index contributed by atoms with van der Waals surface area (Å²) >= 11 is 0. The normalized spacial score (nSPS) is 14.9. The van der Waals surface area contributed by atoms with E-state index in [1.165, 1.54) is 16.8 Å². The van der Waals surface area contributed by atoms with Gasteiger partial charge in [0, 0.05) is 41.5 Å². The molecule has 0 radical (unpaired) electrons. The highest BCUT2D eigenvalue weighted by Gasteiger charge is 2.27. The lowest BCUT2D eigenvalue weighted by atomic mass is 9.90. The fourth-order valence-corrected chi connectivity index (χ4v) is 5.41. The van der Waals surface area contributed by atoms with E-state index in [2.05, 4.69) is 16.3 Å². The van der Waals surface area contributed by atoms with Crippen molar-refractivity contribution in [2.45, 2.75) is 25.7 Å². The van der Waals surface area contributed by atoms with Crippen molar-refractivity contribution in [2.75, 3.05) is 37.5 Å². The van der Waals surface area contributed by atoms with Crippen LogP contribution in [0, 0.1) is 0 Å². The Labute approximate surface area is 215 Å². The first kappa shape index (κ1) is 23.2. The summed E-state index contributed by atoms with van der Waals surface area (Å²) in [6.07, 6.45) is 4.19. The van der Waals surface area contributed by atoms with Gasteiger partial charge in [-0.05, 0) is 67.6 Å². The number of hydrogen-bond acceptors (Lipinski definition) is 6. The van der Waals surface area contributed by atoms with E-state index in [0.29, 0.717) is 28.4 Å². The molecule has 2 aliphatic heterocycles. The van der Waals surface area contributed by atoms with Crippen LogP contribution in [-0.2, 0) is 12.8 Å². The second kappa shape index (κ2) is 9.65. The molecule has 1 N–H and O–H groups in total. The molecular weight excluding hydrogens is 466 g/mol. The molecule has 0 spiro atoms. The van der Waals surface area contributed by atoms with E-state index in [9.17, 15) is 4.79 Å². The highest BCUT2D eigenvalue weighted by atomic mass is 16.5. The van der Waals surface area contributed by atoms with Crippen molar-refractivity contribution < 1.29 is 18.7 Å². The number of aryl methyl sites for hydroxylation is 2. The van der Waals surface area contributed by atoms with Gasteiger partial charge < -0.3 is 24.1 Å². The topological polar surface area (TPSA) is 76.3 Å². The van der Waals surface area contributed by atoms with Crippen LogP contribution in [-0.4, -0.2) is 33.2 Å². The van der Waals surface area contributed by atoms with Gasteiger partial charge in [0.15, 0.2) is 0 Å². The number of anilines is 2. The Balaban J connectivity index is 1.59. The predicted molar refractivity (Wildman–Crippen MR) is 144 cm³/mol. The number of nitrogens with zero attached hydrogens (tertiary/aromatic N) is 2. The van der Waals surface area contributed by atoms with E-state index in [4.69, 9.17) is 18.9 Å². The number of rotatable bonds is 5. The maximum Gasteiger partial charge on any atom is 0.261 e. The Hall–Kier alpha value is -4.26. The molecule has 3 heterocycles. The molecule has 1 amide bonds. The first-order chi connectivity index (χ1) is 18.1. The summed E-state index contributed by atoms with van der Waals surface area (Å²) in [6, 6.07) is 18.9. The van der Waals surface area contributed by atoms with Crippen LogP contribution in [0.1, 0.15) is 34.3 Å². The van der Waals surface area contributed by atoms with Gasteiger partial charge in [-0.2, -0.15) is 0 Å². The number of benzene rings is 3. The van der Waals surface area contributed by atoms with Crippen LogP contribution >= 0.6 is 0 Å². The van der Waals surface area contributed by atoms with E-state index < -0.39 is 0 Å². The molecule has 0 fully saturated rings. The molecule has 2 aliphatic rings. The Morgan fingerprint density at radius 2 is 1.78 bits per heavy atom. The van der Waals surface area contributed by atoms with Crippen LogP contribution in [0.5, 0.6) is 11.5 Å². The van der Waals surface area contributed by atoms with Crippen molar-refractivity contribution in [3.8, 4) is 11.5 Å². The number of hydrogen-bond donors (Lipinski definition) is 1. The smallest absolute Gasteiger partial charge is 0.261 e. The predicted octanol–water partition coefficient (Wildman–Crippen LogP) is 5.63. The number of nitrogens with one attached hydrogen (secondary N) is 1. The number of carbonyl (C=O) groups is 1. The third-order valence-corrected chi connectivity index (χ3v) is 7.11. The average Bonchev–Trinajstić information content (AvgIpc) is 2.94. The Kier molecular flexibility index (Phi) is 6.04. The highest BCUT2D eigenvalue weighted by Crippen LogP contribution is 2.40. The zero-order valence-electron chi connectivity index (χ0n) is 21.0. The zero-order chi connectivity index (χ0) is 25.4. The van der Waals surface area contributed by atoms with Gasteiger partial charge in [-0.1, -0.05) is 18.2 Å². The lowest BCUT2D eigenvalue weighted by molar-refractivity contribution is 0.102. The van der Waals surface area contributed by atoms with E-state index in [1.54, 1.807) is 26.4 Å². The summed E-state index contributed by atoms with van der Waals surface area (Å²) in [5, 5.41) is 3.91. The first-order valence-corrected chi connectivity index (χ1v) is 12.7. The number of carbonyl (C=O) groups excluding carboxylic acids is 1. The van der Waals surface area contributed by atoms with Gasteiger partial charge in [0.25, 0.3) is 5.91 Å². The van der Waals surface area contributed by atoms with Crippen LogP contribution in [0.15, 0.2) is 70.1 Å².